The maximum Gasteiger partial charge on any atom is 0.326 e. The number of aliphatic carboxylic acids is 2. The van der Waals surface area contributed by atoms with Crippen LogP contribution >= 0.6 is 11.8 Å². The van der Waals surface area contributed by atoms with Gasteiger partial charge in [0, 0.05) is 6.54 Å². The van der Waals surface area contributed by atoms with E-state index < -0.39 is 72.6 Å². The minimum Gasteiger partial charge on any atom is -0.481 e. The minimum absolute atomic E-state index is 0.170. The van der Waals surface area contributed by atoms with E-state index in [0.717, 1.165) is 0 Å². The van der Waals surface area contributed by atoms with E-state index in [-0.39, 0.29) is 13.0 Å². The fourth-order valence-electron chi connectivity index (χ4n) is 3.22. The van der Waals surface area contributed by atoms with Gasteiger partial charge >= 0.3 is 11.9 Å². The van der Waals surface area contributed by atoms with Gasteiger partial charge in [0.25, 0.3) is 0 Å². The van der Waals surface area contributed by atoms with Crippen molar-refractivity contribution in [3.05, 3.63) is 0 Å². The first-order valence-electron chi connectivity index (χ1n) is 9.86. The second-order valence-corrected chi connectivity index (χ2v) is 8.29. The van der Waals surface area contributed by atoms with Crippen LogP contribution in [0.5, 0.6) is 0 Å². The molecule has 8 N–H and O–H groups in total. The molecule has 0 spiro atoms. The number of carbonyl (C=O) groups excluding carboxylic acids is 4. The van der Waals surface area contributed by atoms with Crippen LogP contribution < -0.4 is 22.1 Å². The third kappa shape index (κ3) is 8.34. The SMILES string of the molecule is CSCCC(NC(=O)C(CC(=O)O)NC(=O)C(N)CC(N)=O)C(=O)N1CCCC1C(=O)O. The summed E-state index contributed by atoms with van der Waals surface area (Å²) in [6, 6.07) is -5.07. The van der Waals surface area contributed by atoms with Gasteiger partial charge in [0.1, 0.15) is 18.1 Å². The van der Waals surface area contributed by atoms with Crippen molar-refractivity contribution >= 4 is 47.3 Å². The molecular weight excluding hydrogens is 446 g/mol. The number of carbonyl (C=O) groups is 6. The summed E-state index contributed by atoms with van der Waals surface area (Å²) in [5.41, 5.74) is 10.5. The number of nitrogens with two attached hydrogens (primary N) is 2. The predicted molar refractivity (Wildman–Crippen MR) is 113 cm³/mol. The van der Waals surface area contributed by atoms with Gasteiger partial charge in [-0.1, -0.05) is 0 Å². The molecule has 13 nitrogen and oxygen atoms in total. The Kier molecular flexibility index (Phi) is 10.9. The van der Waals surface area contributed by atoms with E-state index in [2.05, 4.69) is 10.6 Å². The second kappa shape index (κ2) is 12.9. The highest BCUT2D eigenvalue weighted by molar-refractivity contribution is 7.98. The Morgan fingerprint density at radius 3 is 2.22 bits per heavy atom. The van der Waals surface area contributed by atoms with Crippen LogP contribution in [0.15, 0.2) is 0 Å². The Bertz CT molecular complexity index is 749. The number of likely N-dealkylation sites (tertiary alicyclic amines) is 1. The number of nitrogens with zero attached hydrogens (tertiary/aromatic N) is 1. The van der Waals surface area contributed by atoms with Gasteiger partial charge in [0.05, 0.1) is 18.9 Å². The van der Waals surface area contributed by atoms with E-state index in [0.29, 0.717) is 18.6 Å². The van der Waals surface area contributed by atoms with Crippen molar-refractivity contribution in [2.24, 2.45) is 11.5 Å². The molecule has 4 amide bonds. The molecule has 0 radical (unpaired) electrons. The monoisotopic (exact) mass is 475 g/mol. The molecule has 1 heterocycles. The van der Waals surface area contributed by atoms with Gasteiger partial charge in [-0.05, 0) is 31.3 Å². The molecule has 1 saturated heterocycles. The molecule has 1 fully saturated rings. The van der Waals surface area contributed by atoms with Crippen LogP contribution in [0.4, 0.5) is 0 Å². The lowest BCUT2D eigenvalue weighted by atomic mass is 10.1. The zero-order chi connectivity index (χ0) is 24.4. The molecule has 0 aromatic carbocycles. The van der Waals surface area contributed by atoms with Gasteiger partial charge in [0.15, 0.2) is 0 Å². The van der Waals surface area contributed by atoms with Gasteiger partial charge in [-0.25, -0.2) is 4.79 Å². The Hall–Kier alpha value is -2.87. The molecule has 0 bridgehead atoms. The van der Waals surface area contributed by atoms with E-state index in [1.807, 2.05) is 0 Å². The first kappa shape index (κ1) is 27.2. The van der Waals surface area contributed by atoms with Crippen molar-refractivity contribution in [3.8, 4) is 0 Å². The maximum atomic E-state index is 13.0. The topological polar surface area (TPSA) is 222 Å². The van der Waals surface area contributed by atoms with Crippen molar-refractivity contribution in [3.63, 3.8) is 0 Å². The van der Waals surface area contributed by atoms with Crippen LogP contribution in [0.3, 0.4) is 0 Å². The molecule has 1 aliphatic rings. The first-order valence-corrected chi connectivity index (χ1v) is 11.3. The molecular formula is C18H29N5O8S. The molecule has 4 atom stereocenters. The summed E-state index contributed by atoms with van der Waals surface area (Å²) < 4.78 is 0. The number of thioether (sulfide) groups is 1. The van der Waals surface area contributed by atoms with Gasteiger partial charge in [0.2, 0.25) is 23.6 Å². The highest BCUT2D eigenvalue weighted by atomic mass is 32.2. The fraction of sp³-hybridized carbons (Fsp3) is 0.667. The number of carboxylic acid groups (broad SMARTS) is 2. The zero-order valence-corrected chi connectivity index (χ0v) is 18.4. The number of carboxylic acids is 2. The Morgan fingerprint density at radius 2 is 1.69 bits per heavy atom. The molecule has 1 aliphatic heterocycles. The minimum atomic E-state index is -1.57. The largest absolute Gasteiger partial charge is 0.481 e. The van der Waals surface area contributed by atoms with Crippen LogP contribution in [-0.4, -0.2) is 93.4 Å². The number of primary amides is 1. The molecule has 0 saturated carbocycles. The van der Waals surface area contributed by atoms with Crippen molar-refractivity contribution in [1.82, 2.24) is 15.5 Å². The predicted octanol–water partition coefficient (Wildman–Crippen LogP) is -2.54. The summed E-state index contributed by atoms with van der Waals surface area (Å²) in [4.78, 5) is 72.6. The molecule has 0 aromatic rings. The highest BCUT2D eigenvalue weighted by Crippen LogP contribution is 2.19. The lowest BCUT2D eigenvalue weighted by molar-refractivity contribution is -0.149. The quantitative estimate of drug-likeness (QED) is 0.164. The van der Waals surface area contributed by atoms with E-state index in [4.69, 9.17) is 16.6 Å². The molecule has 0 aromatic heterocycles. The van der Waals surface area contributed by atoms with Gasteiger partial charge in [-0.3, -0.25) is 24.0 Å². The summed E-state index contributed by atoms with van der Waals surface area (Å²) in [5.74, 6) is -5.44. The smallest absolute Gasteiger partial charge is 0.326 e. The van der Waals surface area contributed by atoms with E-state index in [9.17, 15) is 33.9 Å². The van der Waals surface area contributed by atoms with Crippen molar-refractivity contribution < 1.29 is 39.0 Å². The Balaban J connectivity index is 2.98. The average molecular weight is 476 g/mol. The summed E-state index contributed by atoms with van der Waals surface area (Å²) >= 11 is 1.40. The van der Waals surface area contributed by atoms with Crippen LogP contribution in [0, 0.1) is 0 Å². The fourth-order valence-corrected chi connectivity index (χ4v) is 3.70. The summed E-state index contributed by atoms with van der Waals surface area (Å²) in [6.07, 6.45) is 1.44. The van der Waals surface area contributed by atoms with Crippen LogP contribution in [-0.2, 0) is 28.8 Å². The van der Waals surface area contributed by atoms with Gasteiger partial charge < -0.3 is 37.2 Å². The van der Waals surface area contributed by atoms with Crippen LogP contribution in [0.25, 0.3) is 0 Å². The number of rotatable bonds is 13. The lowest BCUT2D eigenvalue weighted by Crippen LogP contribution is -2.57. The van der Waals surface area contributed by atoms with Gasteiger partial charge in [-0.15, -0.1) is 0 Å². The maximum absolute atomic E-state index is 13.0. The Morgan fingerprint density at radius 1 is 1.06 bits per heavy atom. The zero-order valence-electron chi connectivity index (χ0n) is 17.6. The third-order valence-corrected chi connectivity index (χ3v) is 5.46. The molecule has 180 valence electrons. The highest BCUT2D eigenvalue weighted by Gasteiger charge is 2.38. The van der Waals surface area contributed by atoms with Crippen LogP contribution in [0.2, 0.25) is 0 Å². The van der Waals surface area contributed by atoms with E-state index in [1.165, 1.54) is 16.7 Å². The molecule has 4 unspecified atom stereocenters. The van der Waals surface area contributed by atoms with Crippen molar-refractivity contribution in [2.75, 3.05) is 18.6 Å². The van der Waals surface area contributed by atoms with Gasteiger partial charge in [-0.2, -0.15) is 11.8 Å². The number of amides is 4. The molecule has 14 heteroatoms. The van der Waals surface area contributed by atoms with E-state index >= 15 is 0 Å². The second-order valence-electron chi connectivity index (χ2n) is 7.31. The normalized spacial score (nSPS) is 18.3. The van der Waals surface area contributed by atoms with Crippen molar-refractivity contribution in [2.45, 2.75) is 56.3 Å². The average Bonchev–Trinajstić information content (AvgIpc) is 3.19. The Labute approximate surface area is 188 Å². The first-order chi connectivity index (χ1) is 15.0. The summed E-state index contributed by atoms with van der Waals surface area (Å²) in [6.45, 7) is 0.221. The standard InChI is InChI=1S/C18H29N5O8S/c1-32-6-4-10(17(29)23-5-2-3-12(23)18(30)31)21-16(28)11(8-14(25)26)22-15(27)9(19)7-13(20)24/h9-12H,2-8,19H2,1H3,(H2,20,24)(H,21,28)(H,22,27)(H,25,26)(H,30,31). The summed E-state index contributed by atoms with van der Waals surface area (Å²) in [5, 5.41) is 23.0. The number of hydrogen-bond acceptors (Lipinski definition) is 8. The molecule has 32 heavy (non-hydrogen) atoms. The lowest BCUT2D eigenvalue weighted by Gasteiger charge is -2.28. The summed E-state index contributed by atoms with van der Waals surface area (Å²) in [7, 11) is 0. The number of hydrogen-bond donors (Lipinski definition) is 6. The number of nitrogens with one attached hydrogen (secondary N) is 2. The molecule has 1 rings (SSSR count). The van der Waals surface area contributed by atoms with E-state index in [1.54, 1.807) is 6.26 Å². The van der Waals surface area contributed by atoms with Crippen LogP contribution in [0.1, 0.15) is 32.1 Å². The third-order valence-electron chi connectivity index (χ3n) is 4.82. The molecule has 0 aliphatic carbocycles. The van der Waals surface area contributed by atoms with Crippen molar-refractivity contribution in [1.29, 1.82) is 0 Å².